The molecule has 24 heavy (non-hydrogen) atoms. The van der Waals surface area contributed by atoms with Gasteiger partial charge in [-0.2, -0.15) is 0 Å². The molecule has 3 nitrogen and oxygen atoms in total. The number of carbonyl (C=O) groups excluding carboxylic acids is 1. The fourth-order valence-electron chi connectivity index (χ4n) is 4.66. The van der Waals surface area contributed by atoms with E-state index in [4.69, 9.17) is 9.47 Å². The molecule has 2 aliphatic rings. The number of fused-ring (bicyclic) bond motifs is 3. The Hall–Kier alpha value is -1.77. The second-order valence-corrected chi connectivity index (χ2v) is 7.57. The van der Waals surface area contributed by atoms with Crippen molar-refractivity contribution in [1.82, 2.24) is 0 Å². The molecule has 2 aliphatic carbocycles. The molecule has 0 saturated carbocycles. The van der Waals surface area contributed by atoms with E-state index in [9.17, 15) is 4.79 Å². The van der Waals surface area contributed by atoms with Crippen LogP contribution in [0.5, 0.6) is 11.5 Å². The van der Waals surface area contributed by atoms with Gasteiger partial charge in [-0.1, -0.05) is 26.3 Å². The number of Topliss-reactive ketones (excluding diaryl/α,β-unsaturated/α-hetero) is 1. The SMILES string of the molecule is COc1cc(C(C)C)c(OC)c2c1[C@]1(C)CCC(=O)C(C)=C1CC2. The normalized spacial score (nSPS) is 23.2. The van der Waals surface area contributed by atoms with Crippen LogP contribution >= 0.6 is 0 Å². The van der Waals surface area contributed by atoms with Gasteiger partial charge in [-0.15, -0.1) is 0 Å². The highest BCUT2D eigenvalue weighted by molar-refractivity contribution is 5.97. The fraction of sp³-hybridized carbons (Fsp3) is 0.571. The molecule has 0 saturated heterocycles. The monoisotopic (exact) mass is 328 g/mol. The van der Waals surface area contributed by atoms with Crippen LogP contribution < -0.4 is 9.47 Å². The summed E-state index contributed by atoms with van der Waals surface area (Å²) in [6.07, 6.45) is 3.31. The minimum Gasteiger partial charge on any atom is -0.496 e. The third-order valence-electron chi connectivity index (χ3n) is 5.98. The standard InChI is InChI=1S/C21H28O3/c1-12(2)15-11-18(23-5)19-14(20(15)24-6)7-8-16-13(3)17(22)9-10-21(16,19)4/h11-12H,7-10H2,1-6H3/t21-/m1/s1. The van der Waals surface area contributed by atoms with Crippen molar-refractivity contribution in [3.8, 4) is 11.5 Å². The average molecular weight is 328 g/mol. The van der Waals surface area contributed by atoms with Crippen molar-refractivity contribution < 1.29 is 14.3 Å². The van der Waals surface area contributed by atoms with Gasteiger partial charge in [-0.25, -0.2) is 0 Å². The first-order valence-corrected chi connectivity index (χ1v) is 8.86. The predicted molar refractivity (Wildman–Crippen MR) is 96.2 cm³/mol. The molecular formula is C21H28O3. The van der Waals surface area contributed by atoms with E-state index >= 15 is 0 Å². The highest BCUT2D eigenvalue weighted by Gasteiger charge is 2.44. The number of ketones is 1. The number of ether oxygens (including phenoxy) is 2. The van der Waals surface area contributed by atoms with Crippen molar-refractivity contribution in [3.63, 3.8) is 0 Å². The van der Waals surface area contributed by atoms with Crippen LogP contribution in [0.25, 0.3) is 0 Å². The van der Waals surface area contributed by atoms with E-state index in [0.717, 1.165) is 36.3 Å². The smallest absolute Gasteiger partial charge is 0.158 e. The Bertz CT molecular complexity index is 727. The van der Waals surface area contributed by atoms with Gasteiger partial charge < -0.3 is 9.47 Å². The maximum absolute atomic E-state index is 12.2. The molecule has 1 aromatic rings. The van der Waals surface area contributed by atoms with Crippen LogP contribution in [0.15, 0.2) is 17.2 Å². The zero-order valence-corrected chi connectivity index (χ0v) is 15.7. The molecule has 0 amide bonds. The summed E-state index contributed by atoms with van der Waals surface area (Å²) in [6.45, 7) is 8.63. The first-order chi connectivity index (χ1) is 11.3. The summed E-state index contributed by atoms with van der Waals surface area (Å²) in [7, 11) is 3.51. The van der Waals surface area contributed by atoms with Crippen LogP contribution in [0.4, 0.5) is 0 Å². The van der Waals surface area contributed by atoms with Crippen molar-refractivity contribution in [2.75, 3.05) is 14.2 Å². The van der Waals surface area contributed by atoms with Gasteiger partial charge in [0.2, 0.25) is 0 Å². The Kier molecular flexibility index (Phi) is 4.23. The van der Waals surface area contributed by atoms with Crippen LogP contribution in [0.1, 0.15) is 69.6 Å². The third kappa shape index (κ3) is 2.28. The minimum absolute atomic E-state index is 0.125. The predicted octanol–water partition coefficient (Wildman–Crippen LogP) is 4.71. The lowest BCUT2D eigenvalue weighted by Crippen LogP contribution is -2.36. The van der Waals surface area contributed by atoms with Gasteiger partial charge in [-0.05, 0) is 43.7 Å². The molecule has 0 N–H and O–H groups in total. The van der Waals surface area contributed by atoms with Crippen LogP contribution in [-0.2, 0) is 16.6 Å². The lowest BCUT2D eigenvalue weighted by Gasteiger charge is -2.44. The number of carbonyl (C=O) groups is 1. The van der Waals surface area contributed by atoms with Gasteiger partial charge in [-0.3, -0.25) is 4.79 Å². The van der Waals surface area contributed by atoms with E-state index in [0.29, 0.717) is 18.1 Å². The number of methoxy groups -OCH3 is 2. The molecule has 1 aromatic carbocycles. The lowest BCUT2D eigenvalue weighted by molar-refractivity contribution is -0.116. The number of benzene rings is 1. The molecule has 0 unspecified atom stereocenters. The van der Waals surface area contributed by atoms with Crippen LogP contribution in [0, 0.1) is 0 Å². The summed E-state index contributed by atoms with van der Waals surface area (Å²) in [4.78, 5) is 12.2. The van der Waals surface area contributed by atoms with Gasteiger partial charge >= 0.3 is 0 Å². The van der Waals surface area contributed by atoms with E-state index in [2.05, 4.69) is 26.8 Å². The molecule has 0 aromatic heterocycles. The molecule has 0 spiro atoms. The molecule has 0 heterocycles. The number of hydrogen-bond donors (Lipinski definition) is 0. The lowest BCUT2D eigenvalue weighted by atomic mass is 9.60. The molecule has 0 radical (unpaired) electrons. The highest BCUT2D eigenvalue weighted by atomic mass is 16.5. The minimum atomic E-state index is -0.125. The molecule has 0 fully saturated rings. The van der Waals surface area contributed by atoms with E-state index in [1.54, 1.807) is 14.2 Å². The number of rotatable bonds is 3. The first-order valence-electron chi connectivity index (χ1n) is 8.86. The van der Waals surface area contributed by atoms with E-state index in [-0.39, 0.29) is 5.41 Å². The number of hydrogen-bond acceptors (Lipinski definition) is 3. The van der Waals surface area contributed by atoms with Gasteiger partial charge in [0, 0.05) is 28.5 Å². The zero-order valence-electron chi connectivity index (χ0n) is 15.7. The Morgan fingerprint density at radius 3 is 2.42 bits per heavy atom. The van der Waals surface area contributed by atoms with E-state index in [1.807, 2.05) is 6.92 Å². The summed E-state index contributed by atoms with van der Waals surface area (Å²) < 4.78 is 11.7. The van der Waals surface area contributed by atoms with Crippen LogP contribution in [-0.4, -0.2) is 20.0 Å². The Morgan fingerprint density at radius 2 is 1.83 bits per heavy atom. The summed E-state index contributed by atoms with van der Waals surface area (Å²) in [5.41, 5.74) is 5.84. The molecule has 3 heteroatoms. The Balaban J connectivity index is 2.33. The summed E-state index contributed by atoms with van der Waals surface area (Å²) in [5.74, 6) is 2.63. The fourth-order valence-corrected chi connectivity index (χ4v) is 4.66. The van der Waals surface area contributed by atoms with Crippen molar-refractivity contribution in [2.45, 2.75) is 64.7 Å². The number of allylic oxidation sites excluding steroid dienone is 2. The maximum atomic E-state index is 12.2. The van der Waals surface area contributed by atoms with E-state index in [1.165, 1.54) is 22.3 Å². The summed E-state index contributed by atoms with van der Waals surface area (Å²) in [5, 5.41) is 0. The van der Waals surface area contributed by atoms with E-state index < -0.39 is 0 Å². The zero-order chi connectivity index (χ0) is 17.6. The molecule has 130 valence electrons. The van der Waals surface area contributed by atoms with Crippen molar-refractivity contribution in [3.05, 3.63) is 33.9 Å². The second kappa shape index (κ2) is 5.94. The second-order valence-electron chi connectivity index (χ2n) is 7.57. The topological polar surface area (TPSA) is 35.5 Å². The van der Waals surface area contributed by atoms with Crippen LogP contribution in [0.2, 0.25) is 0 Å². The Labute approximate surface area is 145 Å². The summed E-state index contributed by atoms with van der Waals surface area (Å²) in [6, 6.07) is 2.14. The van der Waals surface area contributed by atoms with Gasteiger partial charge in [0.05, 0.1) is 14.2 Å². The van der Waals surface area contributed by atoms with Gasteiger partial charge in [0.15, 0.2) is 5.78 Å². The van der Waals surface area contributed by atoms with Gasteiger partial charge in [0.1, 0.15) is 11.5 Å². The van der Waals surface area contributed by atoms with Crippen LogP contribution in [0.3, 0.4) is 0 Å². The molecular weight excluding hydrogens is 300 g/mol. The Morgan fingerprint density at radius 1 is 1.12 bits per heavy atom. The van der Waals surface area contributed by atoms with Crippen molar-refractivity contribution >= 4 is 5.78 Å². The van der Waals surface area contributed by atoms with Crippen molar-refractivity contribution in [1.29, 1.82) is 0 Å². The molecule has 0 bridgehead atoms. The average Bonchev–Trinajstić information content (AvgIpc) is 2.56. The third-order valence-corrected chi connectivity index (χ3v) is 5.98. The molecule has 1 atom stereocenters. The van der Waals surface area contributed by atoms with Crippen molar-refractivity contribution in [2.24, 2.45) is 0 Å². The molecule has 0 aliphatic heterocycles. The summed E-state index contributed by atoms with van der Waals surface area (Å²) >= 11 is 0. The first kappa shape index (κ1) is 17.1. The quantitative estimate of drug-likeness (QED) is 0.806. The maximum Gasteiger partial charge on any atom is 0.158 e. The largest absolute Gasteiger partial charge is 0.496 e. The highest BCUT2D eigenvalue weighted by Crippen LogP contribution is 2.54. The van der Waals surface area contributed by atoms with Gasteiger partial charge in [0.25, 0.3) is 0 Å². The molecule has 3 rings (SSSR count).